The second-order valence-electron chi connectivity index (χ2n) is 7.27. The summed E-state index contributed by atoms with van der Waals surface area (Å²) in [5, 5.41) is 0. The maximum absolute atomic E-state index is 13.2. The zero-order valence-corrected chi connectivity index (χ0v) is 16.3. The van der Waals surface area contributed by atoms with Crippen molar-refractivity contribution in [2.75, 3.05) is 26.7 Å². The molecule has 7 heteroatoms. The Hall–Kier alpha value is -3.74. The van der Waals surface area contributed by atoms with Crippen LogP contribution in [0.2, 0.25) is 0 Å². The summed E-state index contributed by atoms with van der Waals surface area (Å²) >= 11 is 0. The molecule has 0 spiro atoms. The molecule has 0 aliphatic carbocycles. The van der Waals surface area contributed by atoms with Crippen LogP contribution in [0, 0.1) is 0 Å². The number of hydrogen-bond donors (Lipinski definition) is 0. The van der Waals surface area contributed by atoms with Crippen molar-refractivity contribution in [1.29, 1.82) is 0 Å². The number of ketones is 1. The van der Waals surface area contributed by atoms with Gasteiger partial charge < -0.3 is 23.8 Å². The van der Waals surface area contributed by atoms with E-state index in [1.54, 1.807) is 17.1 Å². The Kier molecular flexibility index (Phi) is 4.43. The van der Waals surface area contributed by atoms with Gasteiger partial charge in [-0.25, -0.2) is 0 Å². The topological polar surface area (TPSA) is 74.3 Å². The van der Waals surface area contributed by atoms with Gasteiger partial charge >= 0.3 is 0 Å². The van der Waals surface area contributed by atoms with Gasteiger partial charge in [0.2, 0.25) is 19.5 Å². The lowest BCUT2D eigenvalue weighted by molar-refractivity contribution is -0.129. The Morgan fingerprint density at radius 3 is 1.73 bits per heavy atom. The molecule has 0 aromatic heterocycles. The summed E-state index contributed by atoms with van der Waals surface area (Å²) in [5.74, 6) is 2.49. The molecule has 1 amide bonds. The molecular formula is C23H19NO6. The number of fused-ring (bicyclic) bond motifs is 2. The minimum absolute atomic E-state index is 0.0807. The van der Waals surface area contributed by atoms with Crippen LogP contribution in [0.3, 0.4) is 0 Å². The van der Waals surface area contributed by atoms with E-state index in [-0.39, 0.29) is 38.4 Å². The number of benzene rings is 2. The van der Waals surface area contributed by atoms with Crippen LogP contribution in [0.1, 0.15) is 18.1 Å². The van der Waals surface area contributed by atoms with E-state index in [0.29, 0.717) is 34.1 Å². The minimum Gasteiger partial charge on any atom is -0.454 e. The summed E-state index contributed by atoms with van der Waals surface area (Å²) in [5.41, 5.74) is 2.72. The molecule has 3 aliphatic heterocycles. The van der Waals surface area contributed by atoms with Crippen molar-refractivity contribution in [3.05, 3.63) is 58.7 Å². The monoisotopic (exact) mass is 405 g/mol. The van der Waals surface area contributed by atoms with Crippen molar-refractivity contribution in [3.63, 3.8) is 0 Å². The predicted octanol–water partition coefficient (Wildman–Crippen LogP) is 3.04. The first-order valence-electron chi connectivity index (χ1n) is 9.57. The van der Waals surface area contributed by atoms with Gasteiger partial charge in [0.25, 0.3) is 0 Å². The SMILES string of the molecule is CC(=O)N1CC(=Cc2ccc3c(c2)OCO3)C(=O)C(=Cc2ccc3c(c2)OCO3)C1. The molecule has 0 bridgehead atoms. The molecule has 3 aliphatic rings. The van der Waals surface area contributed by atoms with Crippen molar-refractivity contribution in [1.82, 2.24) is 4.90 Å². The molecular weight excluding hydrogens is 386 g/mol. The Balaban J connectivity index is 1.49. The molecule has 2 aromatic carbocycles. The Labute approximate surface area is 173 Å². The van der Waals surface area contributed by atoms with E-state index < -0.39 is 0 Å². The van der Waals surface area contributed by atoms with Gasteiger partial charge in [-0.2, -0.15) is 0 Å². The highest BCUT2D eigenvalue weighted by Crippen LogP contribution is 2.35. The van der Waals surface area contributed by atoms with E-state index in [0.717, 1.165) is 11.1 Å². The first kappa shape index (κ1) is 18.3. The van der Waals surface area contributed by atoms with Crippen LogP contribution < -0.4 is 18.9 Å². The largest absolute Gasteiger partial charge is 0.454 e. The fourth-order valence-corrected chi connectivity index (χ4v) is 3.67. The van der Waals surface area contributed by atoms with Gasteiger partial charge in [-0.3, -0.25) is 9.59 Å². The van der Waals surface area contributed by atoms with Crippen LogP contribution in [0.4, 0.5) is 0 Å². The lowest BCUT2D eigenvalue weighted by Crippen LogP contribution is -2.40. The molecule has 1 fully saturated rings. The number of amides is 1. The van der Waals surface area contributed by atoms with E-state index in [9.17, 15) is 9.59 Å². The van der Waals surface area contributed by atoms with Crippen molar-refractivity contribution in [2.45, 2.75) is 6.92 Å². The number of hydrogen-bond acceptors (Lipinski definition) is 6. The predicted molar refractivity (Wildman–Crippen MR) is 108 cm³/mol. The van der Waals surface area contributed by atoms with Crippen LogP contribution >= 0.6 is 0 Å². The Morgan fingerprint density at radius 1 is 0.800 bits per heavy atom. The van der Waals surface area contributed by atoms with E-state index in [4.69, 9.17) is 18.9 Å². The Bertz CT molecular complexity index is 1040. The molecule has 0 atom stereocenters. The maximum atomic E-state index is 13.2. The first-order chi connectivity index (χ1) is 14.6. The number of nitrogens with zero attached hydrogens (tertiary/aromatic N) is 1. The number of Topliss-reactive ketones (excluding diaryl/α,β-unsaturated/α-hetero) is 1. The Morgan fingerprint density at radius 2 is 1.27 bits per heavy atom. The summed E-state index contributed by atoms with van der Waals surface area (Å²) in [6, 6.07) is 11.0. The third-order valence-electron chi connectivity index (χ3n) is 5.23. The van der Waals surface area contributed by atoms with Gasteiger partial charge in [0.1, 0.15) is 0 Å². The maximum Gasteiger partial charge on any atom is 0.231 e. The molecule has 1 saturated heterocycles. The number of rotatable bonds is 2. The molecule has 0 saturated carbocycles. The fraction of sp³-hybridized carbons (Fsp3) is 0.217. The average molecular weight is 405 g/mol. The van der Waals surface area contributed by atoms with Gasteiger partial charge in [-0.05, 0) is 47.5 Å². The van der Waals surface area contributed by atoms with Gasteiger partial charge in [-0.1, -0.05) is 12.1 Å². The number of piperidine rings is 1. The number of ether oxygens (including phenoxy) is 4. The zero-order valence-electron chi connectivity index (χ0n) is 16.3. The second kappa shape index (κ2) is 7.26. The highest BCUT2D eigenvalue weighted by Gasteiger charge is 2.28. The van der Waals surface area contributed by atoms with Crippen molar-refractivity contribution in [3.8, 4) is 23.0 Å². The molecule has 5 rings (SSSR count). The van der Waals surface area contributed by atoms with Crippen LogP contribution in [0.15, 0.2) is 47.5 Å². The third kappa shape index (κ3) is 3.39. The summed E-state index contributed by atoms with van der Waals surface area (Å²) in [6.45, 7) is 2.41. The summed E-state index contributed by atoms with van der Waals surface area (Å²) < 4.78 is 21.5. The summed E-state index contributed by atoms with van der Waals surface area (Å²) in [6.07, 6.45) is 3.60. The van der Waals surface area contributed by atoms with Crippen molar-refractivity contribution < 1.29 is 28.5 Å². The van der Waals surface area contributed by atoms with E-state index in [2.05, 4.69) is 0 Å². The molecule has 7 nitrogen and oxygen atoms in total. The van der Waals surface area contributed by atoms with Crippen molar-refractivity contribution >= 4 is 23.8 Å². The van der Waals surface area contributed by atoms with Gasteiger partial charge in [0, 0.05) is 31.2 Å². The van der Waals surface area contributed by atoms with Crippen LogP contribution in [0.5, 0.6) is 23.0 Å². The lowest BCUT2D eigenvalue weighted by atomic mass is 9.94. The van der Waals surface area contributed by atoms with Crippen LogP contribution in [-0.2, 0) is 9.59 Å². The molecule has 152 valence electrons. The van der Waals surface area contributed by atoms with Crippen molar-refractivity contribution in [2.24, 2.45) is 0 Å². The molecule has 0 unspecified atom stereocenters. The van der Waals surface area contributed by atoms with Crippen LogP contribution in [0.25, 0.3) is 12.2 Å². The quantitative estimate of drug-likeness (QED) is 0.715. The zero-order chi connectivity index (χ0) is 20.7. The van der Waals surface area contributed by atoms with E-state index in [1.807, 2.05) is 36.4 Å². The van der Waals surface area contributed by atoms with Gasteiger partial charge in [0.15, 0.2) is 28.8 Å². The normalized spacial score (nSPS) is 19.6. The number of carbonyl (C=O) groups is 2. The summed E-state index contributed by atoms with van der Waals surface area (Å²) in [4.78, 5) is 26.9. The highest BCUT2D eigenvalue weighted by molar-refractivity contribution is 6.15. The molecule has 0 N–H and O–H groups in total. The average Bonchev–Trinajstić information content (AvgIpc) is 3.39. The first-order valence-corrected chi connectivity index (χ1v) is 9.57. The minimum atomic E-state index is -0.0873. The molecule has 3 heterocycles. The molecule has 2 aromatic rings. The lowest BCUT2D eigenvalue weighted by Gasteiger charge is -2.29. The fourth-order valence-electron chi connectivity index (χ4n) is 3.67. The number of likely N-dealkylation sites (tertiary alicyclic amines) is 1. The third-order valence-corrected chi connectivity index (χ3v) is 5.23. The second-order valence-corrected chi connectivity index (χ2v) is 7.27. The molecule has 30 heavy (non-hydrogen) atoms. The highest BCUT2D eigenvalue weighted by atomic mass is 16.7. The standard InChI is InChI=1S/C23H19NO6/c1-14(25)24-10-17(6-15-2-4-19-21(8-15)29-12-27-19)23(26)18(11-24)7-16-3-5-20-22(9-16)30-13-28-20/h2-9H,10-13H2,1H3. The van der Waals surface area contributed by atoms with Gasteiger partial charge in [0.05, 0.1) is 0 Å². The summed E-state index contributed by atoms with van der Waals surface area (Å²) in [7, 11) is 0. The molecule has 0 radical (unpaired) electrons. The van der Waals surface area contributed by atoms with Crippen LogP contribution in [-0.4, -0.2) is 43.3 Å². The number of carbonyl (C=O) groups excluding carboxylic acids is 2. The van der Waals surface area contributed by atoms with Gasteiger partial charge in [-0.15, -0.1) is 0 Å². The smallest absolute Gasteiger partial charge is 0.231 e. The van der Waals surface area contributed by atoms with E-state index >= 15 is 0 Å². The van der Waals surface area contributed by atoms with E-state index in [1.165, 1.54) is 6.92 Å².